The van der Waals surface area contributed by atoms with E-state index >= 15 is 0 Å². The van der Waals surface area contributed by atoms with Gasteiger partial charge in [0.2, 0.25) is 0 Å². The molecule has 25 heavy (non-hydrogen) atoms. The van der Waals surface area contributed by atoms with Crippen LogP contribution >= 0.6 is 0 Å². The third-order valence-electron chi connectivity index (χ3n) is 6.09. The van der Waals surface area contributed by atoms with Crippen molar-refractivity contribution in [3.05, 3.63) is 18.0 Å². The molecule has 1 amide bonds. The molecular weight excluding hydrogens is 318 g/mol. The maximum absolute atomic E-state index is 11.7. The van der Waals surface area contributed by atoms with Crippen LogP contribution in [-0.4, -0.2) is 51.6 Å². The van der Waals surface area contributed by atoms with Gasteiger partial charge in [-0.1, -0.05) is 13.8 Å². The van der Waals surface area contributed by atoms with Gasteiger partial charge in [0.05, 0.1) is 24.4 Å². The van der Waals surface area contributed by atoms with Gasteiger partial charge in [0.1, 0.15) is 0 Å². The minimum atomic E-state index is -0.850. The molecule has 6 nitrogen and oxygen atoms in total. The molecule has 0 spiro atoms. The number of amides is 1. The Morgan fingerprint density at radius 2 is 2.12 bits per heavy atom. The molecule has 1 saturated carbocycles. The summed E-state index contributed by atoms with van der Waals surface area (Å²) in [6.45, 7) is 5.66. The van der Waals surface area contributed by atoms with Gasteiger partial charge in [-0.25, -0.2) is 4.79 Å². The molecule has 2 unspecified atom stereocenters. The van der Waals surface area contributed by atoms with Gasteiger partial charge in [0, 0.05) is 18.7 Å². The molecule has 3 rings (SSSR count). The van der Waals surface area contributed by atoms with E-state index in [0.29, 0.717) is 13.2 Å². The highest BCUT2D eigenvalue weighted by molar-refractivity contribution is 5.65. The summed E-state index contributed by atoms with van der Waals surface area (Å²) in [5.41, 5.74) is 0.947. The van der Waals surface area contributed by atoms with Crippen LogP contribution in [0.15, 0.2) is 12.3 Å². The Bertz CT molecular complexity index is 538. The number of carboxylic acid groups (broad SMARTS) is 1. The molecule has 2 aliphatic rings. The fourth-order valence-electron chi connectivity index (χ4n) is 4.48. The highest BCUT2D eigenvalue weighted by Gasteiger charge is 2.37. The zero-order valence-corrected chi connectivity index (χ0v) is 15.4. The van der Waals surface area contributed by atoms with Crippen LogP contribution in [0.3, 0.4) is 0 Å². The number of hydrogen-bond donors (Lipinski definition) is 2. The summed E-state index contributed by atoms with van der Waals surface area (Å²) in [5.74, 6) is 1.66. The zero-order chi connectivity index (χ0) is 17.8. The number of carbonyl (C=O) groups is 1. The van der Waals surface area contributed by atoms with Gasteiger partial charge in [-0.3, -0.25) is 5.10 Å². The number of aromatic amines is 1. The molecule has 140 valence electrons. The van der Waals surface area contributed by atoms with E-state index in [-0.39, 0.29) is 18.1 Å². The molecule has 0 bridgehead atoms. The Hall–Kier alpha value is -1.56. The minimum absolute atomic E-state index is 0.114. The topological polar surface area (TPSA) is 78.5 Å². The van der Waals surface area contributed by atoms with Gasteiger partial charge < -0.3 is 14.7 Å². The van der Waals surface area contributed by atoms with E-state index in [9.17, 15) is 9.90 Å². The molecule has 2 fully saturated rings. The second-order valence-electron chi connectivity index (χ2n) is 7.91. The fourth-order valence-corrected chi connectivity index (χ4v) is 4.48. The number of aromatic nitrogens is 2. The van der Waals surface area contributed by atoms with Crippen LogP contribution in [0.4, 0.5) is 4.79 Å². The average molecular weight is 349 g/mol. The SMILES string of the molecule is CC(C)[C@H]1CC[C@@H](OCC2C(c3cc[nH]n3)CCCN2C(=O)O)CC1. The number of ether oxygens (including phenoxy) is 1. The van der Waals surface area contributed by atoms with E-state index in [1.165, 1.54) is 12.8 Å². The molecule has 1 aromatic rings. The van der Waals surface area contributed by atoms with E-state index in [0.717, 1.165) is 43.2 Å². The zero-order valence-electron chi connectivity index (χ0n) is 15.4. The number of likely N-dealkylation sites (tertiary alicyclic amines) is 1. The third kappa shape index (κ3) is 4.35. The van der Waals surface area contributed by atoms with Crippen LogP contribution in [0.1, 0.15) is 64.0 Å². The van der Waals surface area contributed by atoms with Crippen molar-refractivity contribution in [2.75, 3.05) is 13.2 Å². The van der Waals surface area contributed by atoms with Crippen molar-refractivity contribution in [1.82, 2.24) is 15.1 Å². The molecule has 1 aliphatic carbocycles. The number of H-pyrrole nitrogens is 1. The first-order chi connectivity index (χ1) is 12.1. The smallest absolute Gasteiger partial charge is 0.407 e. The fraction of sp³-hybridized carbons (Fsp3) is 0.789. The molecule has 0 radical (unpaired) electrons. The summed E-state index contributed by atoms with van der Waals surface area (Å²) < 4.78 is 6.22. The first-order valence-corrected chi connectivity index (χ1v) is 9.67. The largest absolute Gasteiger partial charge is 0.465 e. The van der Waals surface area contributed by atoms with E-state index in [1.54, 1.807) is 11.1 Å². The highest BCUT2D eigenvalue weighted by atomic mass is 16.5. The van der Waals surface area contributed by atoms with Crippen molar-refractivity contribution in [3.63, 3.8) is 0 Å². The Morgan fingerprint density at radius 3 is 2.72 bits per heavy atom. The number of nitrogens with one attached hydrogen (secondary N) is 1. The van der Waals surface area contributed by atoms with Gasteiger partial charge in [-0.05, 0) is 56.4 Å². The van der Waals surface area contributed by atoms with Crippen LogP contribution in [0, 0.1) is 11.8 Å². The lowest BCUT2D eigenvalue weighted by molar-refractivity contribution is -0.0284. The van der Waals surface area contributed by atoms with Gasteiger partial charge in [0.25, 0.3) is 0 Å². The van der Waals surface area contributed by atoms with Crippen molar-refractivity contribution in [1.29, 1.82) is 0 Å². The molecule has 2 atom stereocenters. The molecule has 2 heterocycles. The van der Waals surface area contributed by atoms with Crippen LogP contribution in [0.2, 0.25) is 0 Å². The normalized spacial score (nSPS) is 30.6. The summed E-state index contributed by atoms with van der Waals surface area (Å²) in [6, 6.07) is 1.81. The molecule has 6 heteroatoms. The second-order valence-corrected chi connectivity index (χ2v) is 7.91. The summed E-state index contributed by atoms with van der Waals surface area (Å²) in [4.78, 5) is 13.2. The van der Waals surface area contributed by atoms with Crippen LogP contribution < -0.4 is 0 Å². The van der Waals surface area contributed by atoms with Crippen molar-refractivity contribution >= 4 is 6.09 Å². The lowest BCUT2D eigenvalue weighted by Crippen LogP contribution is -2.50. The van der Waals surface area contributed by atoms with Gasteiger partial charge in [-0.15, -0.1) is 0 Å². The molecule has 0 aromatic carbocycles. The average Bonchev–Trinajstić information content (AvgIpc) is 3.14. The minimum Gasteiger partial charge on any atom is -0.465 e. The lowest BCUT2D eigenvalue weighted by Gasteiger charge is -2.40. The maximum atomic E-state index is 11.7. The van der Waals surface area contributed by atoms with Crippen LogP contribution in [-0.2, 0) is 4.74 Å². The van der Waals surface area contributed by atoms with E-state index < -0.39 is 6.09 Å². The highest BCUT2D eigenvalue weighted by Crippen LogP contribution is 2.34. The van der Waals surface area contributed by atoms with Crippen LogP contribution in [0.25, 0.3) is 0 Å². The van der Waals surface area contributed by atoms with E-state index in [1.807, 2.05) is 6.07 Å². The molecule has 1 aromatic heterocycles. The second kappa shape index (κ2) is 8.21. The van der Waals surface area contributed by atoms with Crippen molar-refractivity contribution in [2.45, 2.75) is 70.4 Å². The number of piperidine rings is 1. The predicted molar refractivity (Wildman–Crippen MR) is 95.6 cm³/mol. The van der Waals surface area contributed by atoms with Gasteiger partial charge in [-0.2, -0.15) is 5.10 Å². The predicted octanol–water partition coefficient (Wildman–Crippen LogP) is 3.87. The summed E-state index contributed by atoms with van der Waals surface area (Å²) >= 11 is 0. The van der Waals surface area contributed by atoms with E-state index in [4.69, 9.17) is 4.74 Å². The van der Waals surface area contributed by atoms with Gasteiger partial charge in [0.15, 0.2) is 0 Å². The maximum Gasteiger partial charge on any atom is 0.407 e. The standard InChI is InChI=1S/C19H31N3O3/c1-13(2)14-5-7-15(8-6-14)25-12-18-16(17-9-10-20-21-17)4-3-11-22(18)19(23)24/h9-10,13-16,18H,3-8,11-12H2,1-2H3,(H,20,21)(H,23,24)/t14-,15+,16?,18?. The Labute approximate surface area is 149 Å². The van der Waals surface area contributed by atoms with Crippen LogP contribution in [0.5, 0.6) is 0 Å². The first kappa shape index (κ1) is 18.2. The van der Waals surface area contributed by atoms with Gasteiger partial charge >= 0.3 is 6.09 Å². The van der Waals surface area contributed by atoms with Crippen molar-refractivity contribution in [3.8, 4) is 0 Å². The van der Waals surface area contributed by atoms with Crippen molar-refractivity contribution < 1.29 is 14.6 Å². The third-order valence-corrected chi connectivity index (χ3v) is 6.09. The Kier molecular flexibility index (Phi) is 5.99. The molecular formula is C19H31N3O3. The monoisotopic (exact) mass is 349 g/mol. The lowest BCUT2D eigenvalue weighted by atomic mass is 9.80. The van der Waals surface area contributed by atoms with E-state index in [2.05, 4.69) is 24.0 Å². The quantitative estimate of drug-likeness (QED) is 0.846. The number of nitrogens with zero attached hydrogens (tertiary/aromatic N) is 2. The first-order valence-electron chi connectivity index (χ1n) is 9.67. The Balaban J connectivity index is 1.61. The Morgan fingerprint density at radius 1 is 1.36 bits per heavy atom. The summed E-state index contributed by atoms with van der Waals surface area (Å²) in [6.07, 6.45) is 7.69. The van der Waals surface area contributed by atoms with Crippen molar-refractivity contribution in [2.24, 2.45) is 11.8 Å². The summed E-state index contributed by atoms with van der Waals surface area (Å²) in [5, 5.41) is 16.8. The number of rotatable bonds is 5. The molecule has 1 saturated heterocycles. The molecule has 1 aliphatic heterocycles. The number of hydrogen-bond acceptors (Lipinski definition) is 3. The molecule has 2 N–H and O–H groups in total. The summed E-state index contributed by atoms with van der Waals surface area (Å²) in [7, 11) is 0.